The number of ether oxygens (including phenoxy) is 1. The quantitative estimate of drug-likeness (QED) is 0.669. The second-order valence-electron chi connectivity index (χ2n) is 4.59. The molecule has 1 saturated heterocycles. The van der Waals surface area contributed by atoms with Gasteiger partial charge in [0.25, 0.3) is 0 Å². The predicted octanol–water partition coefficient (Wildman–Crippen LogP) is 0.383. The first-order valence-corrected chi connectivity index (χ1v) is 5.62. The van der Waals surface area contributed by atoms with Crippen LogP contribution >= 0.6 is 0 Å². The number of nitrogens with zero attached hydrogens (tertiary/aromatic N) is 3. The number of rotatable bonds is 4. The lowest BCUT2D eigenvalue weighted by Gasteiger charge is -2.47. The minimum Gasteiger partial charge on any atom is -0.370 e. The second kappa shape index (κ2) is 4.41. The Hall–Kier alpha value is -0.740. The number of piperazine rings is 1. The van der Waals surface area contributed by atoms with Crippen LogP contribution in [0.15, 0.2) is 11.9 Å². The van der Waals surface area contributed by atoms with Crippen molar-refractivity contribution in [1.82, 2.24) is 14.7 Å². The summed E-state index contributed by atoms with van der Waals surface area (Å²) in [6, 6.07) is 0. The van der Waals surface area contributed by atoms with Crippen molar-refractivity contribution in [3.63, 3.8) is 0 Å². The van der Waals surface area contributed by atoms with E-state index in [-0.39, 0.29) is 6.23 Å². The summed E-state index contributed by atoms with van der Waals surface area (Å²) in [5, 5.41) is 0. The standard InChI is InChI=1S/C11H21N3O/c1-10-8-13-4-5-14(10)11(9-13)15-7-6-12(2)3/h8,11H,4-7,9H2,1-3H3. The van der Waals surface area contributed by atoms with Crippen LogP contribution in [0.5, 0.6) is 0 Å². The Labute approximate surface area is 92.1 Å². The lowest BCUT2D eigenvalue weighted by Crippen LogP contribution is -2.55. The molecule has 4 nitrogen and oxygen atoms in total. The fourth-order valence-corrected chi connectivity index (χ4v) is 2.14. The normalized spacial score (nSPS) is 25.1. The highest BCUT2D eigenvalue weighted by atomic mass is 16.5. The number of allylic oxidation sites excluding steroid dienone is 1. The minimum atomic E-state index is 0.267. The Balaban J connectivity index is 1.82. The summed E-state index contributed by atoms with van der Waals surface area (Å²) in [6.07, 6.45) is 2.50. The van der Waals surface area contributed by atoms with Crippen molar-refractivity contribution < 1.29 is 4.74 Å². The van der Waals surface area contributed by atoms with Crippen LogP contribution in [-0.4, -0.2) is 67.8 Å². The smallest absolute Gasteiger partial charge is 0.147 e. The lowest BCUT2D eigenvalue weighted by molar-refractivity contribution is -0.0919. The maximum Gasteiger partial charge on any atom is 0.147 e. The molecule has 86 valence electrons. The zero-order valence-corrected chi connectivity index (χ0v) is 9.94. The first-order valence-electron chi connectivity index (χ1n) is 5.62. The van der Waals surface area contributed by atoms with Gasteiger partial charge in [-0.3, -0.25) is 0 Å². The maximum absolute atomic E-state index is 5.90. The van der Waals surface area contributed by atoms with E-state index in [1.54, 1.807) is 0 Å². The van der Waals surface area contributed by atoms with Gasteiger partial charge in [0, 0.05) is 31.5 Å². The van der Waals surface area contributed by atoms with Gasteiger partial charge in [0.15, 0.2) is 0 Å². The van der Waals surface area contributed by atoms with E-state index < -0.39 is 0 Å². The minimum absolute atomic E-state index is 0.267. The van der Waals surface area contributed by atoms with Crippen molar-refractivity contribution >= 4 is 0 Å². The molecule has 0 aliphatic carbocycles. The molecular formula is C11H21N3O. The van der Waals surface area contributed by atoms with E-state index in [1.165, 1.54) is 5.70 Å². The summed E-state index contributed by atoms with van der Waals surface area (Å²) in [4.78, 5) is 6.88. The Morgan fingerprint density at radius 3 is 2.87 bits per heavy atom. The van der Waals surface area contributed by atoms with E-state index >= 15 is 0 Å². The van der Waals surface area contributed by atoms with Crippen LogP contribution in [0.4, 0.5) is 0 Å². The van der Waals surface area contributed by atoms with Gasteiger partial charge in [0.05, 0.1) is 13.2 Å². The van der Waals surface area contributed by atoms with Gasteiger partial charge in [-0.05, 0) is 21.0 Å². The van der Waals surface area contributed by atoms with Crippen LogP contribution < -0.4 is 0 Å². The number of likely N-dealkylation sites (N-methyl/N-ethyl adjacent to an activating group) is 1. The lowest BCUT2D eigenvalue weighted by atomic mass is 10.2. The van der Waals surface area contributed by atoms with Gasteiger partial charge >= 0.3 is 0 Å². The van der Waals surface area contributed by atoms with Crippen LogP contribution in [0.1, 0.15) is 6.92 Å². The third-order valence-corrected chi connectivity index (χ3v) is 3.04. The second-order valence-corrected chi connectivity index (χ2v) is 4.59. The van der Waals surface area contributed by atoms with E-state index in [2.05, 4.69) is 41.9 Å². The van der Waals surface area contributed by atoms with Gasteiger partial charge in [-0.1, -0.05) is 0 Å². The van der Waals surface area contributed by atoms with Gasteiger partial charge < -0.3 is 19.4 Å². The third kappa shape index (κ3) is 2.44. The molecule has 0 saturated carbocycles. The highest BCUT2D eigenvalue weighted by molar-refractivity contribution is 5.07. The molecule has 0 aromatic carbocycles. The molecular weight excluding hydrogens is 190 g/mol. The SMILES string of the molecule is CC1=CN2CCN1C(OCCN(C)C)C2. The molecule has 3 rings (SSSR count). The average molecular weight is 211 g/mol. The van der Waals surface area contributed by atoms with Crippen molar-refractivity contribution in [1.29, 1.82) is 0 Å². The summed E-state index contributed by atoms with van der Waals surface area (Å²) in [6.45, 7) is 7.24. The summed E-state index contributed by atoms with van der Waals surface area (Å²) >= 11 is 0. The summed E-state index contributed by atoms with van der Waals surface area (Å²) in [5.41, 5.74) is 1.34. The van der Waals surface area contributed by atoms with Crippen molar-refractivity contribution in [3.05, 3.63) is 11.9 Å². The van der Waals surface area contributed by atoms with E-state index in [1.807, 2.05) is 0 Å². The Kier molecular flexibility index (Phi) is 3.17. The van der Waals surface area contributed by atoms with Crippen LogP contribution in [0, 0.1) is 0 Å². The van der Waals surface area contributed by atoms with Gasteiger partial charge in [-0.15, -0.1) is 0 Å². The van der Waals surface area contributed by atoms with Crippen molar-refractivity contribution in [3.8, 4) is 0 Å². The predicted molar refractivity (Wildman–Crippen MR) is 60.3 cm³/mol. The molecule has 0 spiro atoms. The summed E-state index contributed by atoms with van der Waals surface area (Å²) < 4.78 is 5.90. The molecule has 2 bridgehead atoms. The van der Waals surface area contributed by atoms with Gasteiger partial charge in [-0.2, -0.15) is 0 Å². The van der Waals surface area contributed by atoms with E-state index in [4.69, 9.17) is 4.74 Å². The van der Waals surface area contributed by atoms with Crippen molar-refractivity contribution in [2.75, 3.05) is 46.9 Å². The first kappa shape index (κ1) is 10.8. The Bertz CT molecular complexity index is 252. The summed E-state index contributed by atoms with van der Waals surface area (Å²) in [5.74, 6) is 0. The molecule has 1 atom stereocenters. The fraction of sp³-hybridized carbons (Fsp3) is 0.818. The van der Waals surface area contributed by atoms with Crippen LogP contribution in [0.2, 0.25) is 0 Å². The van der Waals surface area contributed by atoms with E-state index in [0.29, 0.717) is 0 Å². The molecule has 0 amide bonds. The topological polar surface area (TPSA) is 19.0 Å². The van der Waals surface area contributed by atoms with Gasteiger partial charge in [0.1, 0.15) is 6.23 Å². The largest absolute Gasteiger partial charge is 0.370 e. The summed E-state index contributed by atoms with van der Waals surface area (Å²) in [7, 11) is 4.15. The number of hydrogen-bond acceptors (Lipinski definition) is 4. The molecule has 3 aliphatic heterocycles. The molecule has 0 radical (unpaired) electrons. The molecule has 15 heavy (non-hydrogen) atoms. The monoisotopic (exact) mass is 211 g/mol. The molecule has 0 aromatic heterocycles. The van der Waals surface area contributed by atoms with Crippen LogP contribution in [-0.2, 0) is 4.74 Å². The maximum atomic E-state index is 5.90. The van der Waals surface area contributed by atoms with Crippen molar-refractivity contribution in [2.45, 2.75) is 13.2 Å². The van der Waals surface area contributed by atoms with E-state index in [0.717, 1.165) is 32.8 Å². The molecule has 3 heterocycles. The zero-order valence-electron chi connectivity index (χ0n) is 9.94. The molecule has 4 heteroatoms. The van der Waals surface area contributed by atoms with E-state index in [9.17, 15) is 0 Å². The fourth-order valence-electron chi connectivity index (χ4n) is 2.14. The van der Waals surface area contributed by atoms with Crippen LogP contribution in [0.25, 0.3) is 0 Å². The number of fused-ring (bicyclic) bond motifs is 2. The van der Waals surface area contributed by atoms with Gasteiger partial charge in [-0.25, -0.2) is 0 Å². The Morgan fingerprint density at radius 2 is 2.27 bits per heavy atom. The average Bonchev–Trinajstić information content (AvgIpc) is 2.17. The van der Waals surface area contributed by atoms with Crippen molar-refractivity contribution in [2.24, 2.45) is 0 Å². The molecule has 0 N–H and O–H groups in total. The van der Waals surface area contributed by atoms with Crippen LogP contribution in [0.3, 0.4) is 0 Å². The molecule has 1 unspecified atom stereocenters. The Morgan fingerprint density at radius 1 is 1.47 bits per heavy atom. The first-order chi connectivity index (χ1) is 7.16. The van der Waals surface area contributed by atoms with Gasteiger partial charge in [0.2, 0.25) is 0 Å². The molecule has 0 aromatic rings. The number of hydrogen-bond donors (Lipinski definition) is 0. The third-order valence-electron chi connectivity index (χ3n) is 3.04. The highest BCUT2D eigenvalue weighted by Crippen LogP contribution is 2.23. The molecule has 3 aliphatic rings. The molecule has 1 fully saturated rings. The zero-order chi connectivity index (χ0) is 10.8. The highest BCUT2D eigenvalue weighted by Gasteiger charge is 2.30.